The molecule has 2 heterocycles. The number of nitro groups is 1. The third-order valence-electron chi connectivity index (χ3n) is 1.74. The molecule has 0 atom stereocenters. The van der Waals surface area contributed by atoms with Crippen LogP contribution >= 0.6 is 11.3 Å². The lowest BCUT2D eigenvalue weighted by atomic mass is 10.4. The van der Waals surface area contributed by atoms with Crippen molar-refractivity contribution in [3.05, 3.63) is 45.7 Å². The fourth-order valence-corrected chi connectivity index (χ4v) is 1.54. The Hall–Kier alpha value is -2.28. The zero-order valence-corrected chi connectivity index (χ0v) is 9.33. The molecule has 0 amide bonds. The molecule has 0 saturated heterocycles. The van der Waals surface area contributed by atoms with Gasteiger partial charge in [0.05, 0.1) is 6.07 Å². The number of rotatable bonds is 4. The Morgan fingerprint density at radius 1 is 1.53 bits per heavy atom. The summed E-state index contributed by atoms with van der Waals surface area (Å²) in [6.45, 7) is 0. The van der Waals surface area contributed by atoms with Crippen molar-refractivity contribution in [1.29, 1.82) is 0 Å². The van der Waals surface area contributed by atoms with E-state index in [2.05, 4.69) is 9.98 Å². The Kier molecular flexibility index (Phi) is 3.41. The van der Waals surface area contributed by atoms with Gasteiger partial charge in [-0.2, -0.15) is 0 Å². The van der Waals surface area contributed by atoms with Crippen LogP contribution in [-0.2, 0) is 0 Å². The lowest BCUT2D eigenvalue weighted by molar-refractivity contribution is -0.402. The minimum atomic E-state index is -0.582. The molecule has 0 fully saturated rings. The highest BCUT2D eigenvalue weighted by molar-refractivity contribution is 7.13. The molecule has 7 heteroatoms. The fraction of sp³-hybridized carbons (Fsp3) is 0. The van der Waals surface area contributed by atoms with E-state index in [-0.39, 0.29) is 5.88 Å². The van der Waals surface area contributed by atoms with Crippen molar-refractivity contribution in [2.75, 3.05) is 0 Å². The van der Waals surface area contributed by atoms with Gasteiger partial charge in [0.25, 0.3) is 0 Å². The number of nitrogens with zero attached hydrogens (tertiary/aromatic N) is 3. The summed E-state index contributed by atoms with van der Waals surface area (Å²) in [4.78, 5) is 17.8. The standard InChI is InChI=1S/C10H7N3O3S/c14-13(15)9-4-3-8(16-9)2-1-5-11-10-12-6-7-17-10/h1-7H/b2-1+,11-5?. The first kappa shape index (κ1) is 11.2. The molecular formula is C10H7N3O3S. The summed E-state index contributed by atoms with van der Waals surface area (Å²) in [5.74, 6) is 0.129. The highest BCUT2D eigenvalue weighted by Crippen LogP contribution is 2.16. The average molecular weight is 249 g/mol. The molecular weight excluding hydrogens is 242 g/mol. The number of furan rings is 1. The fourth-order valence-electron chi connectivity index (χ4n) is 1.05. The van der Waals surface area contributed by atoms with Gasteiger partial charge in [-0.3, -0.25) is 10.1 Å². The number of thiazole rings is 1. The van der Waals surface area contributed by atoms with Crippen molar-refractivity contribution in [2.45, 2.75) is 0 Å². The second-order valence-electron chi connectivity index (χ2n) is 2.89. The van der Waals surface area contributed by atoms with Crippen LogP contribution in [0.2, 0.25) is 0 Å². The third kappa shape index (κ3) is 3.08. The Morgan fingerprint density at radius 3 is 3.06 bits per heavy atom. The maximum absolute atomic E-state index is 10.4. The molecule has 6 nitrogen and oxygen atoms in total. The van der Waals surface area contributed by atoms with Gasteiger partial charge in [0.1, 0.15) is 10.7 Å². The summed E-state index contributed by atoms with van der Waals surface area (Å²) < 4.78 is 4.92. The second kappa shape index (κ2) is 5.17. The predicted octanol–water partition coefficient (Wildman–Crippen LogP) is 3.06. The van der Waals surface area contributed by atoms with Crippen LogP contribution in [0.4, 0.5) is 11.0 Å². The van der Waals surface area contributed by atoms with E-state index in [1.54, 1.807) is 24.6 Å². The molecule has 0 N–H and O–H groups in total. The van der Waals surface area contributed by atoms with Gasteiger partial charge in [0.2, 0.25) is 5.13 Å². The lowest BCUT2D eigenvalue weighted by Gasteiger charge is -1.82. The minimum Gasteiger partial charge on any atom is -0.401 e. The molecule has 0 aromatic carbocycles. The number of aliphatic imine (C=N–C) groups is 1. The second-order valence-corrected chi connectivity index (χ2v) is 3.76. The monoisotopic (exact) mass is 249 g/mol. The van der Waals surface area contributed by atoms with Gasteiger partial charge in [-0.25, -0.2) is 9.98 Å². The number of hydrogen-bond donors (Lipinski definition) is 0. The maximum Gasteiger partial charge on any atom is 0.433 e. The van der Waals surface area contributed by atoms with E-state index in [1.165, 1.54) is 23.5 Å². The van der Waals surface area contributed by atoms with Crippen molar-refractivity contribution in [2.24, 2.45) is 4.99 Å². The Bertz CT molecular complexity index is 557. The van der Waals surface area contributed by atoms with Crippen LogP contribution in [0.1, 0.15) is 5.76 Å². The smallest absolute Gasteiger partial charge is 0.401 e. The molecule has 0 unspecified atom stereocenters. The van der Waals surface area contributed by atoms with Gasteiger partial charge < -0.3 is 4.42 Å². The van der Waals surface area contributed by atoms with E-state index in [4.69, 9.17) is 4.42 Å². The van der Waals surface area contributed by atoms with Gasteiger partial charge in [-0.1, -0.05) is 0 Å². The molecule has 0 spiro atoms. The third-order valence-corrected chi connectivity index (χ3v) is 2.42. The minimum absolute atomic E-state index is 0.276. The summed E-state index contributed by atoms with van der Waals surface area (Å²) >= 11 is 1.42. The molecule has 0 radical (unpaired) electrons. The van der Waals surface area contributed by atoms with Gasteiger partial charge >= 0.3 is 5.88 Å². The Morgan fingerprint density at radius 2 is 2.41 bits per heavy atom. The van der Waals surface area contributed by atoms with Crippen LogP contribution in [0.5, 0.6) is 0 Å². The largest absolute Gasteiger partial charge is 0.433 e. The van der Waals surface area contributed by atoms with Gasteiger partial charge in [0, 0.05) is 17.8 Å². The maximum atomic E-state index is 10.4. The van der Waals surface area contributed by atoms with Crippen molar-refractivity contribution in [1.82, 2.24) is 4.98 Å². The van der Waals surface area contributed by atoms with Crippen molar-refractivity contribution >= 4 is 34.6 Å². The Balaban J connectivity index is 1.98. The number of allylic oxidation sites excluding steroid dienone is 1. The lowest BCUT2D eigenvalue weighted by Crippen LogP contribution is -1.82. The SMILES string of the molecule is O=[N+]([O-])c1ccc(/C=C/C=Nc2nccs2)o1. The first-order valence-electron chi connectivity index (χ1n) is 4.60. The zero-order chi connectivity index (χ0) is 12.1. The molecule has 0 aliphatic rings. The first-order valence-corrected chi connectivity index (χ1v) is 5.48. The van der Waals surface area contributed by atoms with E-state index in [0.29, 0.717) is 10.9 Å². The summed E-state index contributed by atoms with van der Waals surface area (Å²) in [6, 6.07) is 2.82. The molecule has 0 aliphatic heterocycles. The van der Waals surface area contributed by atoms with Crippen LogP contribution in [0.25, 0.3) is 6.08 Å². The van der Waals surface area contributed by atoms with E-state index in [9.17, 15) is 10.1 Å². The summed E-state index contributed by atoms with van der Waals surface area (Å²) in [6.07, 6.45) is 6.43. The van der Waals surface area contributed by atoms with Crippen molar-refractivity contribution in [3.63, 3.8) is 0 Å². The van der Waals surface area contributed by atoms with E-state index in [1.807, 2.05) is 5.38 Å². The topological polar surface area (TPSA) is 81.5 Å². The van der Waals surface area contributed by atoms with Crippen LogP contribution in [-0.4, -0.2) is 16.1 Å². The molecule has 2 rings (SSSR count). The van der Waals surface area contributed by atoms with E-state index in [0.717, 1.165) is 0 Å². The van der Waals surface area contributed by atoms with Crippen LogP contribution in [0, 0.1) is 10.1 Å². The molecule has 17 heavy (non-hydrogen) atoms. The number of aromatic nitrogens is 1. The first-order chi connectivity index (χ1) is 8.25. The molecule has 0 bridgehead atoms. The highest BCUT2D eigenvalue weighted by Gasteiger charge is 2.09. The Labute approximate surface area is 100 Å². The zero-order valence-electron chi connectivity index (χ0n) is 8.52. The predicted molar refractivity (Wildman–Crippen MR) is 64.7 cm³/mol. The molecule has 2 aromatic heterocycles. The summed E-state index contributed by atoms with van der Waals surface area (Å²) in [5, 5.41) is 12.8. The van der Waals surface area contributed by atoms with Crippen molar-refractivity contribution < 1.29 is 9.34 Å². The van der Waals surface area contributed by atoms with E-state index < -0.39 is 4.92 Å². The van der Waals surface area contributed by atoms with E-state index >= 15 is 0 Å². The summed E-state index contributed by atoms with van der Waals surface area (Å²) in [7, 11) is 0. The molecule has 2 aromatic rings. The number of hydrogen-bond acceptors (Lipinski definition) is 6. The normalized spacial score (nSPS) is 11.5. The van der Waals surface area contributed by atoms with Crippen LogP contribution in [0.3, 0.4) is 0 Å². The summed E-state index contributed by atoms with van der Waals surface area (Å²) in [5.41, 5.74) is 0. The average Bonchev–Trinajstić information content (AvgIpc) is 2.96. The van der Waals surface area contributed by atoms with Gasteiger partial charge in [0.15, 0.2) is 0 Å². The van der Waals surface area contributed by atoms with Gasteiger partial charge in [-0.05, 0) is 18.2 Å². The van der Waals surface area contributed by atoms with Crippen LogP contribution < -0.4 is 0 Å². The molecule has 0 saturated carbocycles. The molecule has 86 valence electrons. The van der Waals surface area contributed by atoms with Gasteiger partial charge in [-0.15, -0.1) is 11.3 Å². The van der Waals surface area contributed by atoms with Crippen molar-refractivity contribution in [3.8, 4) is 0 Å². The van der Waals surface area contributed by atoms with Crippen LogP contribution in [0.15, 0.2) is 39.2 Å². The quantitative estimate of drug-likeness (QED) is 0.473. The molecule has 0 aliphatic carbocycles. The highest BCUT2D eigenvalue weighted by atomic mass is 32.1.